The zero-order valence-corrected chi connectivity index (χ0v) is 28.8. The molecule has 11 heteroatoms. The average Bonchev–Trinajstić information content (AvgIpc) is 3.45. The van der Waals surface area contributed by atoms with E-state index in [1.165, 1.54) is 49.6 Å². The third-order valence-corrected chi connectivity index (χ3v) is 14.4. The molecule has 0 fully saturated rings. The highest BCUT2D eigenvalue weighted by molar-refractivity contribution is 7.97. The molecule has 1 aliphatic heterocycles. The van der Waals surface area contributed by atoms with Gasteiger partial charge in [-0.05, 0) is 60.1 Å². The van der Waals surface area contributed by atoms with E-state index in [-0.39, 0.29) is 32.7 Å². The van der Waals surface area contributed by atoms with Crippen molar-refractivity contribution in [1.29, 1.82) is 0 Å². The summed E-state index contributed by atoms with van der Waals surface area (Å²) in [5.41, 5.74) is 0.926. The Kier molecular flexibility index (Phi) is 9.50. The second-order valence-corrected chi connectivity index (χ2v) is 16.5. The minimum atomic E-state index is -4.61. The summed E-state index contributed by atoms with van der Waals surface area (Å²) in [6.07, 6.45) is 2.55. The number of aryl methyl sites for hydroxylation is 1. The molecule has 5 aromatic carbocycles. The first-order valence-corrected chi connectivity index (χ1v) is 18.7. The molecule has 1 aliphatic rings. The van der Waals surface area contributed by atoms with Crippen LogP contribution in [-0.4, -0.2) is 41.9 Å². The molecular weight excluding hydrogens is 671 g/mol. The van der Waals surface area contributed by atoms with Crippen LogP contribution >= 0.6 is 6.89 Å². The largest absolute Gasteiger partial charge is 0.466 e. The van der Waals surface area contributed by atoms with Gasteiger partial charge in [0.05, 0.1) is 27.9 Å². The fourth-order valence-corrected chi connectivity index (χ4v) is 12.1. The standard InChI is InChI=1S/C39H31N2O7PS/c1-28-18-24-34(25-19-28)50(46,47)40-37(29-20-22-30(23-21-29)41(44)45)35(26-27-36(42)48-2)38(39(40)43)49(31-12-6-3-7-13-31,32-14-8-4-9-15-32)33-16-10-5-11-17-33/h3-27H,1-2H3/b27-26+. The van der Waals surface area contributed by atoms with Crippen molar-refractivity contribution in [3.63, 3.8) is 0 Å². The number of esters is 1. The number of methoxy groups -OCH3 is 1. The number of sulfonamides is 1. The van der Waals surface area contributed by atoms with Crippen molar-refractivity contribution >= 4 is 61.4 Å². The molecule has 5 aromatic rings. The van der Waals surface area contributed by atoms with Crippen molar-refractivity contribution < 1.29 is 27.7 Å². The number of ether oxygens (including phenoxy) is 1. The normalized spacial score (nSPS) is 13.6. The van der Waals surface area contributed by atoms with E-state index in [2.05, 4.69) is 0 Å². The van der Waals surface area contributed by atoms with Crippen LogP contribution in [-0.2, 0) is 24.3 Å². The van der Waals surface area contributed by atoms with Crippen LogP contribution in [0.3, 0.4) is 0 Å². The van der Waals surface area contributed by atoms with E-state index in [4.69, 9.17) is 4.74 Å². The number of carbonyl (C=O) groups is 2. The maximum absolute atomic E-state index is 15.5. The van der Waals surface area contributed by atoms with E-state index in [0.717, 1.165) is 31.9 Å². The first-order valence-electron chi connectivity index (χ1n) is 15.5. The van der Waals surface area contributed by atoms with Crippen molar-refractivity contribution in [2.45, 2.75) is 11.8 Å². The molecule has 0 saturated carbocycles. The molecule has 9 nitrogen and oxygen atoms in total. The third kappa shape index (κ3) is 6.00. The maximum Gasteiger partial charge on any atom is 0.330 e. The van der Waals surface area contributed by atoms with Gasteiger partial charge in [-0.25, -0.2) is 13.2 Å². The number of nitro benzene ring substituents is 1. The molecule has 0 saturated heterocycles. The summed E-state index contributed by atoms with van der Waals surface area (Å²) in [7, 11) is -3.39. The van der Waals surface area contributed by atoms with Crippen molar-refractivity contribution in [1.82, 2.24) is 4.31 Å². The molecule has 6 rings (SSSR count). The monoisotopic (exact) mass is 702 g/mol. The van der Waals surface area contributed by atoms with Gasteiger partial charge in [0, 0.05) is 29.3 Å². The molecule has 250 valence electrons. The first-order chi connectivity index (χ1) is 24.1. The molecule has 0 unspecified atom stereocenters. The maximum atomic E-state index is 15.5. The smallest absolute Gasteiger partial charge is 0.330 e. The van der Waals surface area contributed by atoms with Crippen molar-refractivity contribution in [3.05, 3.63) is 178 Å². The van der Waals surface area contributed by atoms with Gasteiger partial charge < -0.3 is 4.74 Å². The predicted molar refractivity (Wildman–Crippen MR) is 197 cm³/mol. The summed E-state index contributed by atoms with van der Waals surface area (Å²) in [4.78, 5) is 39.1. The van der Waals surface area contributed by atoms with Gasteiger partial charge in [0.1, 0.15) is 0 Å². The molecule has 1 heterocycles. The first kappa shape index (κ1) is 34.0. The number of carbonyl (C=O) groups excluding carboxylic acids is 2. The van der Waals surface area contributed by atoms with Gasteiger partial charge >= 0.3 is 5.97 Å². The average molecular weight is 703 g/mol. The molecular formula is C39H31N2O7PS. The van der Waals surface area contributed by atoms with Crippen LogP contribution in [0.5, 0.6) is 0 Å². The molecule has 50 heavy (non-hydrogen) atoms. The lowest BCUT2D eigenvalue weighted by atomic mass is 10.1. The van der Waals surface area contributed by atoms with Crippen LogP contribution in [0, 0.1) is 17.0 Å². The molecule has 0 aromatic heterocycles. The fraction of sp³-hybridized carbons (Fsp3) is 0.0513. The Labute approximate surface area is 290 Å². The Morgan fingerprint density at radius 1 is 0.760 bits per heavy atom. The molecule has 0 radical (unpaired) electrons. The Morgan fingerprint density at radius 3 is 1.68 bits per heavy atom. The summed E-state index contributed by atoms with van der Waals surface area (Å²) in [5.74, 6) is -1.54. The van der Waals surface area contributed by atoms with Crippen LogP contribution in [0.2, 0.25) is 0 Å². The van der Waals surface area contributed by atoms with Crippen molar-refractivity contribution in [2.75, 3.05) is 7.11 Å². The number of nitro groups is 1. The van der Waals surface area contributed by atoms with E-state index in [0.29, 0.717) is 0 Å². The highest BCUT2D eigenvalue weighted by Crippen LogP contribution is 2.52. The van der Waals surface area contributed by atoms with Gasteiger partial charge in [-0.2, -0.15) is 4.31 Å². The van der Waals surface area contributed by atoms with Crippen molar-refractivity contribution in [3.8, 4) is 0 Å². The number of rotatable bonds is 9. The number of hydrogen-bond donors (Lipinski definition) is 0. The van der Waals surface area contributed by atoms with E-state index in [1.807, 2.05) is 97.9 Å². The predicted octanol–water partition coefficient (Wildman–Crippen LogP) is 5.74. The molecule has 1 amide bonds. The van der Waals surface area contributed by atoms with Gasteiger partial charge in [-0.3, -0.25) is 14.9 Å². The Morgan fingerprint density at radius 2 is 1.24 bits per heavy atom. The molecule has 0 atom stereocenters. The Balaban J connectivity index is 1.88. The van der Waals surface area contributed by atoms with Gasteiger partial charge in [0.2, 0.25) is 0 Å². The Bertz CT molecular complexity index is 2220. The zero-order chi connectivity index (χ0) is 35.5. The van der Waals surface area contributed by atoms with Crippen LogP contribution in [0.15, 0.2) is 162 Å². The van der Waals surface area contributed by atoms with Crippen LogP contribution in [0.4, 0.5) is 5.69 Å². The lowest BCUT2D eigenvalue weighted by Gasteiger charge is -2.31. The summed E-state index contributed by atoms with van der Waals surface area (Å²) >= 11 is 0. The summed E-state index contributed by atoms with van der Waals surface area (Å²) < 4.78 is 35.3. The van der Waals surface area contributed by atoms with E-state index in [1.54, 1.807) is 12.1 Å². The molecule has 0 aliphatic carbocycles. The fourth-order valence-electron chi connectivity index (χ4n) is 6.08. The number of amides is 1. The minimum absolute atomic E-state index is 0.0483. The number of non-ortho nitro benzene ring substituents is 1. The zero-order valence-electron chi connectivity index (χ0n) is 27.0. The minimum Gasteiger partial charge on any atom is -0.466 e. The molecule has 0 spiro atoms. The van der Waals surface area contributed by atoms with Crippen LogP contribution in [0.1, 0.15) is 11.1 Å². The summed E-state index contributed by atoms with van der Waals surface area (Å²) in [6.45, 7) is -1.46. The summed E-state index contributed by atoms with van der Waals surface area (Å²) in [6, 6.07) is 39.7. The van der Waals surface area contributed by atoms with E-state index in [9.17, 15) is 23.3 Å². The second kappa shape index (κ2) is 14.0. The van der Waals surface area contributed by atoms with Gasteiger partial charge in [-0.15, -0.1) is 0 Å². The van der Waals surface area contributed by atoms with Crippen LogP contribution < -0.4 is 15.9 Å². The molecule has 0 bridgehead atoms. The van der Waals surface area contributed by atoms with Crippen LogP contribution in [0.25, 0.3) is 5.70 Å². The lowest BCUT2D eigenvalue weighted by Crippen LogP contribution is -2.38. The SMILES string of the molecule is COC(=O)/C=C/C1=C(c2ccc([N+](=O)[O-])cc2)N(S(=O)(=O)c2ccc(C)cc2)C(=O)C1=P(c1ccccc1)(c1ccccc1)c1ccccc1. The highest BCUT2D eigenvalue weighted by Gasteiger charge is 2.48. The number of allylic oxidation sites excluding steroid dienone is 1. The Hall–Kier alpha value is -5.83. The second-order valence-electron chi connectivity index (χ2n) is 11.3. The van der Waals surface area contributed by atoms with Crippen molar-refractivity contribution in [2.24, 2.45) is 0 Å². The quantitative estimate of drug-likeness (QED) is 0.0631. The topological polar surface area (TPSA) is 124 Å². The van der Waals surface area contributed by atoms with E-state index < -0.39 is 33.7 Å². The highest BCUT2D eigenvalue weighted by atomic mass is 32.2. The van der Waals surface area contributed by atoms with Gasteiger partial charge in [0.15, 0.2) is 0 Å². The number of nitrogens with zero attached hydrogens (tertiary/aromatic N) is 2. The molecule has 0 N–H and O–H groups in total. The summed E-state index contributed by atoms with van der Waals surface area (Å²) in [5, 5.41) is 14.1. The number of hydrogen-bond acceptors (Lipinski definition) is 7. The van der Waals surface area contributed by atoms with E-state index >= 15 is 4.79 Å². The van der Waals surface area contributed by atoms with Gasteiger partial charge in [-0.1, -0.05) is 109 Å². The number of benzene rings is 5. The third-order valence-electron chi connectivity index (χ3n) is 8.36. The van der Waals surface area contributed by atoms with Gasteiger partial charge in [0.25, 0.3) is 21.6 Å². The lowest BCUT2D eigenvalue weighted by molar-refractivity contribution is -0.384.